The maximum absolute atomic E-state index is 12.9. The number of nitrogens with one attached hydrogen (secondary N) is 1. The molecule has 0 spiro atoms. The monoisotopic (exact) mass is 260 g/mol. The van der Waals surface area contributed by atoms with Crippen LogP contribution in [-0.2, 0) is 4.79 Å². The van der Waals surface area contributed by atoms with E-state index in [2.05, 4.69) is 5.32 Å². The topological polar surface area (TPSA) is 55.1 Å². The molecule has 1 unspecified atom stereocenters. The summed E-state index contributed by atoms with van der Waals surface area (Å²) in [6.45, 7) is 3.37. The van der Waals surface area contributed by atoms with Crippen LogP contribution >= 0.6 is 0 Å². The van der Waals surface area contributed by atoms with Gasteiger partial charge in [0.05, 0.1) is 5.54 Å². The number of nitrogens with two attached hydrogens (primary N) is 1. The summed E-state index contributed by atoms with van der Waals surface area (Å²) in [5.41, 5.74) is 4.45. The normalized spacial score (nSPS) is 14.1. The maximum Gasteiger partial charge on any atom is 0.244 e. The van der Waals surface area contributed by atoms with Gasteiger partial charge in [0, 0.05) is 17.8 Å². The molecule has 0 saturated carbocycles. The van der Waals surface area contributed by atoms with Gasteiger partial charge in [0.25, 0.3) is 0 Å². The van der Waals surface area contributed by atoms with E-state index >= 15 is 0 Å². The SMILES string of the molecule is CCCC(C)(N)C(=O)Nc1cc(F)c(F)c(F)c1. The van der Waals surface area contributed by atoms with Crippen molar-refractivity contribution in [2.75, 3.05) is 5.32 Å². The summed E-state index contributed by atoms with van der Waals surface area (Å²) in [6, 6.07) is 1.41. The van der Waals surface area contributed by atoms with Crippen LogP contribution in [0.15, 0.2) is 12.1 Å². The zero-order chi connectivity index (χ0) is 13.9. The van der Waals surface area contributed by atoms with Gasteiger partial charge in [-0.15, -0.1) is 0 Å². The van der Waals surface area contributed by atoms with E-state index in [9.17, 15) is 18.0 Å². The van der Waals surface area contributed by atoms with Crippen molar-refractivity contribution in [1.82, 2.24) is 0 Å². The predicted molar refractivity (Wildman–Crippen MR) is 62.4 cm³/mol. The van der Waals surface area contributed by atoms with E-state index in [-0.39, 0.29) is 5.69 Å². The van der Waals surface area contributed by atoms with Gasteiger partial charge in [0.15, 0.2) is 17.5 Å². The third kappa shape index (κ3) is 3.22. The maximum atomic E-state index is 12.9. The first-order valence-electron chi connectivity index (χ1n) is 5.53. The van der Waals surface area contributed by atoms with Crippen LogP contribution in [-0.4, -0.2) is 11.4 Å². The van der Waals surface area contributed by atoms with Gasteiger partial charge in [-0.3, -0.25) is 4.79 Å². The van der Waals surface area contributed by atoms with Crippen molar-refractivity contribution in [1.29, 1.82) is 0 Å². The molecule has 1 atom stereocenters. The number of carbonyl (C=O) groups excluding carboxylic acids is 1. The molecule has 0 aliphatic rings. The number of benzene rings is 1. The van der Waals surface area contributed by atoms with Gasteiger partial charge < -0.3 is 11.1 Å². The summed E-state index contributed by atoms with van der Waals surface area (Å²) in [4.78, 5) is 11.8. The molecule has 18 heavy (non-hydrogen) atoms. The third-order valence-corrected chi connectivity index (χ3v) is 2.53. The first-order valence-corrected chi connectivity index (χ1v) is 5.53. The van der Waals surface area contributed by atoms with E-state index in [1.54, 1.807) is 0 Å². The highest BCUT2D eigenvalue weighted by Crippen LogP contribution is 2.19. The van der Waals surface area contributed by atoms with Crippen LogP contribution in [0, 0.1) is 17.5 Å². The molecule has 3 N–H and O–H groups in total. The minimum atomic E-state index is -1.57. The number of hydrogen-bond donors (Lipinski definition) is 2. The van der Waals surface area contributed by atoms with Crippen molar-refractivity contribution in [3.63, 3.8) is 0 Å². The number of halogens is 3. The number of rotatable bonds is 4. The van der Waals surface area contributed by atoms with Crippen LogP contribution in [0.3, 0.4) is 0 Å². The number of amides is 1. The Bertz CT molecular complexity index is 438. The van der Waals surface area contributed by atoms with E-state index in [1.165, 1.54) is 6.92 Å². The third-order valence-electron chi connectivity index (χ3n) is 2.53. The molecule has 0 aliphatic heterocycles. The first-order chi connectivity index (χ1) is 8.27. The minimum absolute atomic E-state index is 0.163. The molecular weight excluding hydrogens is 245 g/mol. The van der Waals surface area contributed by atoms with Gasteiger partial charge in [0.1, 0.15) is 0 Å². The average molecular weight is 260 g/mol. The highest BCUT2D eigenvalue weighted by Gasteiger charge is 2.27. The summed E-state index contributed by atoms with van der Waals surface area (Å²) < 4.78 is 38.6. The quantitative estimate of drug-likeness (QED) is 0.817. The highest BCUT2D eigenvalue weighted by atomic mass is 19.2. The van der Waals surface area contributed by atoms with E-state index in [0.29, 0.717) is 25.0 Å². The summed E-state index contributed by atoms with van der Waals surface area (Å²) in [6.07, 6.45) is 1.11. The Balaban J connectivity index is 2.89. The van der Waals surface area contributed by atoms with E-state index in [1.807, 2.05) is 6.92 Å². The molecule has 0 aliphatic carbocycles. The first kappa shape index (κ1) is 14.5. The lowest BCUT2D eigenvalue weighted by Gasteiger charge is -2.22. The Morgan fingerprint density at radius 1 is 1.33 bits per heavy atom. The molecule has 3 nitrogen and oxygen atoms in total. The molecule has 1 aromatic carbocycles. The second-order valence-corrected chi connectivity index (χ2v) is 4.38. The number of hydrogen-bond acceptors (Lipinski definition) is 2. The summed E-state index contributed by atoms with van der Waals surface area (Å²) >= 11 is 0. The van der Waals surface area contributed by atoms with Crippen molar-refractivity contribution >= 4 is 11.6 Å². The Morgan fingerprint density at radius 2 is 1.83 bits per heavy atom. The molecule has 100 valence electrons. The Morgan fingerprint density at radius 3 is 2.28 bits per heavy atom. The lowest BCUT2D eigenvalue weighted by molar-refractivity contribution is -0.120. The largest absolute Gasteiger partial charge is 0.324 e. The second kappa shape index (κ2) is 5.39. The molecule has 0 aromatic heterocycles. The molecule has 1 amide bonds. The fraction of sp³-hybridized carbons (Fsp3) is 0.417. The Kier molecular flexibility index (Phi) is 4.34. The standard InChI is InChI=1S/C12H15F3N2O/c1-3-4-12(2,16)11(18)17-7-5-8(13)10(15)9(14)6-7/h5-6H,3-4,16H2,1-2H3,(H,17,18). The van der Waals surface area contributed by atoms with Gasteiger partial charge >= 0.3 is 0 Å². The molecule has 0 bridgehead atoms. The fourth-order valence-corrected chi connectivity index (χ4v) is 1.53. The zero-order valence-electron chi connectivity index (χ0n) is 10.2. The predicted octanol–water partition coefficient (Wildman–Crippen LogP) is 2.56. The Labute approximate surface area is 103 Å². The molecule has 1 rings (SSSR count). The fourth-order valence-electron chi connectivity index (χ4n) is 1.53. The van der Waals surface area contributed by atoms with Crippen LogP contribution < -0.4 is 11.1 Å². The van der Waals surface area contributed by atoms with E-state index < -0.39 is 28.9 Å². The number of carbonyl (C=O) groups is 1. The highest BCUT2D eigenvalue weighted by molar-refractivity contribution is 5.97. The summed E-state index contributed by atoms with van der Waals surface area (Å²) in [7, 11) is 0. The smallest absolute Gasteiger partial charge is 0.244 e. The average Bonchev–Trinajstić information content (AvgIpc) is 2.25. The van der Waals surface area contributed by atoms with Crippen LogP contribution in [0.5, 0.6) is 0 Å². The lowest BCUT2D eigenvalue weighted by atomic mass is 9.96. The van der Waals surface area contributed by atoms with Gasteiger partial charge in [-0.2, -0.15) is 0 Å². The van der Waals surface area contributed by atoms with E-state index in [0.717, 1.165) is 0 Å². The summed E-state index contributed by atoms with van der Waals surface area (Å²) in [5.74, 6) is -4.87. The van der Waals surface area contributed by atoms with Gasteiger partial charge in [-0.1, -0.05) is 13.3 Å². The van der Waals surface area contributed by atoms with Crippen LogP contribution in [0.2, 0.25) is 0 Å². The van der Waals surface area contributed by atoms with Crippen LogP contribution in [0.1, 0.15) is 26.7 Å². The molecule has 0 heterocycles. The van der Waals surface area contributed by atoms with Crippen molar-refractivity contribution in [2.45, 2.75) is 32.2 Å². The zero-order valence-corrected chi connectivity index (χ0v) is 10.2. The second-order valence-electron chi connectivity index (χ2n) is 4.38. The lowest BCUT2D eigenvalue weighted by Crippen LogP contribution is -2.48. The van der Waals surface area contributed by atoms with Crippen molar-refractivity contribution in [2.24, 2.45) is 5.73 Å². The summed E-state index contributed by atoms with van der Waals surface area (Å²) in [5, 5.41) is 2.27. The van der Waals surface area contributed by atoms with Gasteiger partial charge in [-0.25, -0.2) is 13.2 Å². The van der Waals surface area contributed by atoms with Gasteiger partial charge in [0.2, 0.25) is 5.91 Å². The molecule has 0 fully saturated rings. The van der Waals surface area contributed by atoms with Crippen molar-refractivity contribution < 1.29 is 18.0 Å². The number of anilines is 1. The van der Waals surface area contributed by atoms with E-state index in [4.69, 9.17) is 5.73 Å². The van der Waals surface area contributed by atoms with Crippen molar-refractivity contribution in [3.05, 3.63) is 29.6 Å². The van der Waals surface area contributed by atoms with Crippen LogP contribution in [0.4, 0.5) is 18.9 Å². The van der Waals surface area contributed by atoms with Crippen LogP contribution in [0.25, 0.3) is 0 Å². The van der Waals surface area contributed by atoms with Gasteiger partial charge in [-0.05, 0) is 13.3 Å². The minimum Gasteiger partial charge on any atom is -0.324 e. The molecular formula is C12H15F3N2O. The molecule has 0 radical (unpaired) electrons. The Hall–Kier alpha value is -1.56. The molecule has 1 aromatic rings. The van der Waals surface area contributed by atoms with Crippen molar-refractivity contribution in [3.8, 4) is 0 Å². The molecule has 0 saturated heterocycles. The molecule has 6 heteroatoms.